The Labute approximate surface area is 190 Å². The van der Waals surface area contributed by atoms with Crippen LogP contribution in [0.3, 0.4) is 0 Å². The van der Waals surface area contributed by atoms with Gasteiger partial charge in [-0.25, -0.2) is 9.98 Å². The largest absolute Gasteiger partial charge is 0.361 e. The first kappa shape index (κ1) is 20.1. The Hall–Kier alpha value is -2.83. The van der Waals surface area contributed by atoms with Crippen LogP contribution in [0.5, 0.6) is 0 Å². The number of amidine groups is 1. The first-order valence-electron chi connectivity index (χ1n) is 10.5. The molecule has 0 radical (unpaired) electrons. The van der Waals surface area contributed by atoms with E-state index in [2.05, 4.69) is 95.3 Å². The molecule has 1 unspecified atom stereocenters. The highest BCUT2D eigenvalue weighted by atomic mass is 32.2. The van der Waals surface area contributed by atoms with Crippen molar-refractivity contribution in [3.8, 4) is 0 Å². The molecule has 5 rings (SSSR count). The average Bonchev–Trinajstić information content (AvgIpc) is 3.38. The number of nitrogens with one attached hydrogen (secondary N) is 2. The topological polar surface area (TPSA) is 49.3 Å². The number of para-hydroxylation sites is 1. The lowest BCUT2D eigenvalue weighted by atomic mass is 10.1. The van der Waals surface area contributed by atoms with Gasteiger partial charge in [0, 0.05) is 12.6 Å². The molecule has 0 amide bonds. The van der Waals surface area contributed by atoms with Crippen molar-refractivity contribution < 1.29 is 0 Å². The zero-order valence-corrected chi connectivity index (χ0v) is 18.9. The minimum Gasteiger partial charge on any atom is -0.361 e. The maximum absolute atomic E-state index is 4.82. The zero-order chi connectivity index (χ0) is 21.0. The van der Waals surface area contributed by atoms with E-state index in [1.165, 1.54) is 15.8 Å². The van der Waals surface area contributed by atoms with Crippen molar-refractivity contribution in [2.24, 2.45) is 4.99 Å². The standard InChI is InChI=1S/C25H24N4S2/c1-17-23(19-7-3-2-4-8-19)31-25(27-17)28-20-13-11-18(12-14-20)15-16-26-24-29-21-9-5-6-10-22(21)30-24/h2-14,17,23H,15-16H2,1H3,(H,26,29)(H,27,28)/t17-,23?/m0/s1. The van der Waals surface area contributed by atoms with E-state index in [1.807, 2.05) is 17.8 Å². The summed E-state index contributed by atoms with van der Waals surface area (Å²) in [6.07, 6.45) is 0.951. The molecule has 1 aromatic heterocycles. The number of aromatic nitrogens is 1. The molecule has 1 aliphatic heterocycles. The van der Waals surface area contributed by atoms with Crippen molar-refractivity contribution in [2.75, 3.05) is 11.9 Å². The summed E-state index contributed by atoms with van der Waals surface area (Å²) in [7, 11) is 0. The van der Waals surface area contributed by atoms with Gasteiger partial charge in [0.1, 0.15) is 0 Å². The molecule has 1 aliphatic rings. The zero-order valence-electron chi connectivity index (χ0n) is 17.3. The summed E-state index contributed by atoms with van der Waals surface area (Å²) in [6, 6.07) is 27.8. The van der Waals surface area contributed by atoms with Crippen molar-refractivity contribution >= 4 is 49.3 Å². The number of anilines is 1. The van der Waals surface area contributed by atoms with E-state index in [-0.39, 0.29) is 0 Å². The fourth-order valence-electron chi connectivity index (χ4n) is 3.70. The Balaban J connectivity index is 1.17. The summed E-state index contributed by atoms with van der Waals surface area (Å²) < 4.78 is 1.22. The van der Waals surface area contributed by atoms with Gasteiger partial charge < -0.3 is 10.6 Å². The third kappa shape index (κ3) is 4.75. The molecule has 4 nitrogen and oxygen atoms in total. The van der Waals surface area contributed by atoms with E-state index >= 15 is 0 Å². The lowest BCUT2D eigenvalue weighted by Gasteiger charge is -2.12. The maximum atomic E-state index is 4.82. The lowest BCUT2D eigenvalue weighted by molar-refractivity contribution is 0.671. The van der Waals surface area contributed by atoms with Crippen LogP contribution < -0.4 is 10.6 Å². The summed E-state index contributed by atoms with van der Waals surface area (Å²) in [4.78, 5) is 9.45. The van der Waals surface area contributed by atoms with E-state index in [4.69, 9.17) is 4.99 Å². The van der Waals surface area contributed by atoms with Crippen LogP contribution in [0.1, 0.15) is 23.3 Å². The average molecular weight is 445 g/mol. The molecule has 3 aromatic carbocycles. The monoisotopic (exact) mass is 444 g/mol. The normalized spacial score (nSPS) is 19.6. The number of hydrogen-bond acceptors (Lipinski definition) is 5. The van der Waals surface area contributed by atoms with Gasteiger partial charge >= 0.3 is 0 Å². The van der Waals surface area contributed by atoms with Crippen LogP contribution in [0.2, 0.25) is 0 Å². The minimum atomic E-state index is 0.360. The number of aliphatic imine (C=N–C) groups is 1. The molecule has 2 N–H and O–H groups in total. The molecule has 0 spiro atoms. The molecule has 2 heterocycles. The maximum Gasteiger partial charge on any atom is 0.183 e. The molecular weight excluding hydrogens is 420 g/mol. The van der Waals surface area contributed by atoms with E-state index in [0.717, 1.165) is 34.5 Å². The fraction of sp³-hybridized carbons (Fsp3) is 0.200. The van der Waals surface area contributed by atoms with Gasteiger partial charge in [0.15, 0.2) is 10.3 Å². The first-order chi connectivity index (χ1) is 15.2. The van der Waals surface area contributed by atoms with Crippen molar-refractivity contribution in [3.05, 3.63) is 90.0 Å². The third-order valence-corrected chi connectivity index (χ3v) is 7.68. The van der Waals surface area contributed by atoms with Gasteiger partial charge in [-0.15, -0.1) is 0 Å². The Morgan fingerprint density at radius 2 is 1.74 bits per heavy atom. The molecular formula is C25H24N4S2. The number of nitrogens with zero attached hydrogens (tertiary/aromatic N) is 2. The number of benzene rings is 3. The molecule has 4 aromatic rings. The van der Waals surface area contributed by atoms with Gasteiger partial charge in [0.2, 0.25) is 0 Å². The number of rotatable bonds is 6. The second kappa shape index (κ2) is 9.12. The Bertz CT molecular complexity index is 1150. The molecule has 31 heavy (non-hydrogen) atoms. The minimum absolute atomic E-state index is 0.360. The van der Waals surface area contributed by atoms with Crippen LogP contribution in [-0.4, -0.2) is 22.7 Å². The van der Waals surface area contributed by atoms with Crippen LogP contribution >= 0.6 is 23.1 Å². The van der Waals surface area contributed by atoms with Crippen molar-refractivity contribution in [3.63, 3.8) is 0 Å². The highest BCUT2D eigenvalue weighted by molar-refractivity contribution is 8.14. The van der Waals surface area contributed by atoms with Gasteiger partial charge in [-0.05, 0) is 48.7 Å². The van der Waals surface area contributed by atoms with Crippen LogP contribution in [0.4, 0.5) is 10.8 Å². The van der Waals surface area contributed by atoms with Gasteiger partial charge in [0.05, 0.1) is 21.2 Å². The Kier molecular flexibility index (Phi) is 5.91. The van der Waals surface area contributed by atoms with Gasteiger partial charge in [-0.2, -0.15) is 0 Å². The summed E-state index contributed by atoms with van der Waals surface area (Å²) in [6.45, 7) is 3.08. The Morgan fingerprint density at radius 3 is 2.55 bits per heavy atom. The van der Waals surface area contributed by atoms with Crippen molar-refractivity contribution in [1.82, 2.24) is 10.3 Å². The third-order valence-electron chi connectivity index (χ3n) is 5.32. The van der Waals surface area contributed by atoms with Crippen molar-refractivity contribution in [2.45, 2.75) is 24.6 Å². The molecule has 0 bridgehead atoms. The smallest absolute Gasteiger partial charge is 0.183 e. The summed E-state index contributed by atoms with van der Waals surface area (Å²) in [5.41, 5.74) is 4.67. The predicted molar refractivity (Wildman–Crippen MR) is 135 cm³/mol. The molecule has 2 atom stereocenters. The highest BCUT2D eigenvalue weighted by Gasteiger charge is 2.29. The molecule has 0 saturated carbocycles. The quantitative estimate of drug-likeness (QED) is 0.361. The second-order valence-corrected chi connectivity index (χ2v) is 9.79. The molecule has 1 saturated heterocycles. The van der Waals surface area contributed by atoms with Crippen molar-refractivity contribution in [1.29, 1.82) is 0 Å². The van der Waals surface area contributed by atoms with E-state index in [0.29, 0.717) is 11.3 Å². The van der Waals surface area contributed by atoms with Gasteiger partial charge in [0.25, 0.3) is 0 Å². The second-order valence-electron chi connectivity index (χ2n) is 7.63. The van der Waals surface area contributed by atoms with Gasteiger partial charge in [-0.3, -0.25) is 0 Å². The van der Waals surface area contributed by atoms with Crippen LogP contribution in [0.15, 0.2) is 83.9 Å². The summed E-state index contributed by atoms with van der Waals surface area (Å²) in [5.74, 6) is 0. The van der Waals surface area contributed by atoms with Crippen LogP contribution in [0, 0.1) is 0 Å². The molecule has 156 valence electrons. The molecule has 0 aliphatic carbocycles. The number of thioether (sulfide) groups is 1. The van der Waals surface area contributed by atoms with E-state index in [1.54, 1.807) is 11.3 Å². The van der Waals surface area contributed by atoms with Gasteiger partial charge in [-0.1, -0.05) is 77.7 Å². The first-order valence-corrected chi connectivity index (χ1v) is 12.2. The SMILES string of the molecule is C[C@@H]1N/C(=N/c2ccc(CCNc3nc4ccccc4s3)cc2)SC1c1ccccc1. The van der Waals surface area contributed by atoms with Crippen LogP contribution in [-0.2, 0) is 6.42 Å². The number of hydrogen-bond donors (Lipinski definition) is 2. The Morgan fingerprint density at radius 1 is 0.968 bits per heavy atom. The van der Waals surface area contributed by atoms with E-state index < -0.39 is 0 Å². The summed E-state index contributed by atoms with van der Waals surface area (Å²) >= 11 is 3.51. The fourth-order valence-corrected chi connectivity index (χ4v) is 5.81. The molecule has 6 heteroatoms. The van der Waals surface area contributed by atoms with Crippen LogP contribution in [0.25, 0.3) is 10.2 Å². The number of fused-ring (bicyclic) bond motifs is 1. The van der Waals surface area contributed by atoms with E-state index in [9.17, 15) is 0 Å². The predicted octanol–water partition coefficient (Wildman–Crippen LogP) is 6.40. The molecule has 1 fully saturated rings. The lowest BCUT2D eigenvalue weighted by Crippen LogP contribution is -2.24. The number of thiazole rings is 1. The highest BCUT2D eigenvalue weighted by Crippen LogP contribution is 2.38. The summed E-state index contributed by atoms with van der Waals surface area (Å²) in [5, 5.41) is 9.34.